The second-order valence-corrected chi connectivity index (χ2v) is 10.1. The van der Waals surface area contributed by atoms with Crippen LogP contribution >= 0.6 is 22.9 Å². The summed E-state index contributed by atoms with van der Waals surface area (Å²) in [5, 5.41) is 3.04. The fourth-order valence-electron chi connectivity index (χ4n) is 3.31. The monoisotopic (exact) mass is 483 g/mol. The molecule has 3 rings (SSSR count). The molecule has 0 saturated carbocycles. The molecule has 11 heteroatoms. The highest BCUT2D eigenvalue weighted by Crippen LogP contribution is 2.34. The van der Waals surface area contributed by atoms with Crippen LogP contribution in [0.2, 0.25) is 5.02 Å². The number of thiazole rings is 1. The van der Waals surface area contributed by atoms with Crippen LogP contribution in [0.15, 0.2) is 41.2 Å². The minimum Gasteiger partial charge on any atom is -0.495 e. The van der Waals surface area contributed by atoms with Crippen LogP contribution in [0.4, 0.5) is 11.4 Å². The fourth-order valence-corrected chi connectivity index (χ4v) is 5.64. The predicted octanol–water partition coefficient (Wildman–Crippen LogP) is 3.54. The van der Waals surface area contributed by atoms with Gasteiger partial charge < -0.3 is 10.1 Å². The summed E-state index contributed by atoms with van der Waals surface area (Å²) in [6.07, 6.45) is 1.01. The summed E-state index contributed by atoms with van der Waals surface area (Å²) in [6.45, 7) is 3.91. The molecule has 1 amide bonds. The van der Waals surface area contributed by atoms with E-state index in [0.717, 1.165) is 32.1 Å². The number of aryl methyl sites for hydroxylation is 1. The maximum Gasteiger partial charge on any atom is 0.308 e. The molecule has 0 fully saturated rings. The van der Waals surface area contributed by atoms with Crippen LogP contribution in [-0.4, -0.2) is 38.3 Å². The van der Waals surface area contributed by atoms with E-state index in [0.29, 0.717) is 17.3 Å². The molecule has 0 spiro atoms. The van der Waals surface area contributed by atoms with Gasteiger partial charge in [0.1, 0.15) is 11.8 Å². The average molecular weight is 484 g/mol. The highest BCUT2D eigenvalue weighted by molar-refractivity contribution is 7.92. The van der Waals surface area contributed by atoms with Crippen LogP contribution in [0.1, 0.15) is 13.8 Å². The van der Waals surface area contributed by atoms with Crippen molar-refractivity contribution < 1.29 is 17.9 Å². The number of methoxy groups -OCH3 is 1. The number of aromatic nitrogens is 1. The van der Waals surface area contributed by atoms with Gasteiger partial charge in [-0.1, -0.05) is 22.9 Å². The van der Waals surface area contributed by atoms with Gasteiger partial charge in [0, 0.05) is 17.3 Å². The number of rotatable bonds is 7. The Bertz CT molecular complexity index is 1300. The molecular weight excluding hydrogens is 462 g/mol. The number of hydrogen-bond acceptors (Lipinski definition) is 6. The summed E-state index contributed by atoms with van der Waals surface area (Å²) in [6, 6.07) is 8.57. The maximum atomic E-state index is 13.0. The molecule has 0 aliphatic heterocycles. The third-order valence-electron chi connectivity index (χ3n) is 4.72. The number of fused-ring (bicyclic) bond motifs is 1. The molecule has 0 radical (unpaired) electrons. The number of amides is 1. The van der Waals surface area contributed by atoms with Gasteiger partial charge in [0.25, 0.3) is 0 Å². The highest BCUT2D eigenvalue weighted by atomic mass is 35.5. The zero-order chi connectivity index (χ0) is 22.9. The van der Waals surface area contributed by atoms with E-state index in [4.69, 9.17) is 16.3 Å². The molecule has 2 aromatic carbocycles. The number of nitrogens with one attached hydrogen (secondary N) is 1. The minimum absolute atomic E-state index is 0.0781. The molecule has 0 aliphatic rings. The van der Waals surface area contributed by atoms with Crippen molar-refractivity contribution >= 4 is 60.5 Å². The van der Waals surface area contributed by atoms with Crippen LogP contribution < -0.4 is 19.2 Å². The topological polar surface area (TPSA) is 97.7 Å². The van der Waals surface area contributed by atoms with Gasteiger partial charge in [0.15, 0.2) is 0 Å². The van der Waals surface area contributed by atoms with Crippen LogP contribution in [-0.2, 0) is 21.4 Å². The zero-order valence-electron chi connectivity index (χ0n) is 17.4. The third-order valence-corrected chi connectivity index (χ3v) is 7.12. The van der Waals surface area contributed by atoms with Crippen LogP contribution in [0.25, 0.3) is 10.2 Å². The van der Waals surface area contributed by atoms with Crippen molar-refractivity contribution in [2.75, 3.05) is 23.0 Å². The SMILES string of the molecule is CCn1c(=O)sc2cc(NC(=O)[C@@H](C)N(c3cc(Cl)ccc3OC)S(C)(=O)=O)ccc21. The Morgan fingerprint density at radius 2 is 2.00 bits per heavy atom. The smallest absolute Gasteiger partial charge is 0.308 e. The van der Waals surface area contributed by atoms with E-state index in [-0.39, 0.29) is 16.3 Å². The molecule has 0 unspecified atom stereocenters. The quantitative estimate of drug-likeness (QED) is 0.554. The Morgan fingerprint density at radius 3 is 2.61 bits per heavy atom. The summed E-state index contributed by atoms with van der Waals surface area (Å²) in [7, 11) is -2.45. The first kappa shape index (κ1) is 23.1. The molecule has 31 heavy (non-hydrogen) atoms. The molecule has 1 heterocycles. The Morgan fingerprint density at radius 1 is 1.29 bits per heavy atom. The third kappa shape index (κ3) is 4.70. The van der Waals surface area contributed by atoms with Gasteiger partial charge in [0.05, 0.1) is 29.3 Å². The highest BCUT2D eigenvalue weighted by Gasteiger charge is 2.31. The summed E-state index contributed by atoms with van der Waals surface area (Å²) in [5.74, 6) is -0.282. The Balaban J connectivity index is 1.95. The largest absolute Gasteiger partial charge is 0.495 e. The number of ether oxygens (including phenoxy) is 1. The molecule has 1 aromatic heterocycles. The number of nitrogens with zero attached hydrogens (tertiary/aromatic N) is 2. The lowest BCUT2D eigenvalue weighted by atomic mass is 10.2. The standard InChI is InChI=1S/C20H22ClN3O5S2/c1-5-23-15-8-7-14(11-18(15)30-20(23)26)22-19(25)12(2)24(31(4,27)28)16-10-13(21)6-9-17(16)29-3/h6-12H,5H2,1-4H3,(H,22,25)/t12-/m1/s1. The van der Waals surface area contributed by atoms with Crippen molar-refractivity contribution in [3.63, 3.8) is 0 Å². The van der Waals surface area contributed by atoms with E-state index < -0.39 is 22.0 Å². The normalized spacial score (nSPS) is 12.5. The Labute approximate surface area is 189 Å². The molecule has 0 aliphatic carbocycles. The van der Waals surface area contributed by atoms with Crippen molar-refractivity contribution in [2.24, 2.45) is 0 Å². The fraction of sp³-hybridized carbons (Fsp3) is 0.300. The van der Waals surface area contributed by atoms with Gasteiger partial charge in [0.2, 0.25) is 15.9 Å². The van der Waals surface area contributed by atoms with Crippen molar-refractivity contribution in [1.82, 2.24) is 4.57 Å². The first-order valence-electron chi connectivity index (χ1n) is 9.34. The maximum absolute atomic E-state index is 13.0. The number of hydrogen-bond donors (Lipinski definition) is 1. The van der Waals surface area contributed by atoms with Gasteiger partial charge in [-0.3, -0.25) is 18.5 Å². The van der Waals surface area contributed by atoms with E-state index in [2.05, 4.69) is 5.32 Å². The number of carbonyl (C=O) groups excluding carboxylic acids is 1. The lowest BCUT2D eigenvalue weighted by molar-refractivity contribution is -0.116. The summed E-state index contributed by atoms with van der Waals surface area (Å²) in [5.41, 5.74) is 1.40. The molecule has 8 nitrogen and oxygen atoms in total. The number of benzene rings is 2. The molecule has 3 aromatic rings. The van der Waals surface area contributed by atoms with Gasteiger partial charge >= 0.3 is 4.87 Å². The van der Waals surface area contributed by atoms with E-state index in [1.54, 1.807) is 28.8 Å². The second kappa shape index (κ2) is 8.89. The van der Waals surface area contributed by atoms with E-state index >= 15 is 0 Å². The van der Waals surface area contributed by atoms with Gasteiger partial charge in [-0.25, -0.2) is 8.42 Å². The molecule has 0 saturated heterocycles. The average Bonchev–Trinajstić information content (AvgIpc) is 3.01. The van der Waals surface area contributed by atoms with Crippen LogP contribution in [0, 0.1) is 0 Å². The van der Waals surface area contributed by atoms with E-state index in [1.807, 2.05) is 6.92 Å². The lowest BCUT2D eigenvalue weighted by Gasteiger charge is -2.29. The molecule has 1 N–H and O–H groups in total. The molecule has 1 atom stereocenters. The number of carbonyl (C=O) groups is 1. The molecule has 0 bridgehead atoms. The van der Waals surface area contributed by atoms with Crippen molar-refractivity contribution in [3.8, 4) is 5.75 Å². The first-order valence-corrected chi connectivity index (χ1v) is 12.4. The second-order valence-electron chi connectivity index (χ2n) is 6.83. The van der Waals surface area contributed by atoms with E-state index in [1.165, 1.54) is 26.2 Å². The number of anilines is 2. The van der Waals surface area contributed by atoms with Crippen molar-refractivity contribution in [1.29, 1.82) is 0 Å². The van der Waals surface area contributed by atoms with Crippen LogP contribution in [0.3, 0.4) is 0 Å². The summed E-state index contributed by atoms with van der Waals surface area (Å²) < 4.78 is 33.8. The van der Waals surface area contributed by atoms with Crippen molar-refractivity contribution in [2.45, 2.75) is 26.4 Å². The minimum atomic E-state index is -3.85. The summed E-state index contributed by atoms with van der Waals surface area (Å²) >= 11 is 7.15. The van der Waals surface area contributed by atoms with Gasteiger partial charge in [-0.15, -0.1) is 0 Å². The molecule has 166 valence electrons. The van der Waals surface area contributed by atoms with Gasteiger partial charge in [-0.2, -0.15) is 0 Å². The number of halogens is 1. The van der Waals surface area contributed by atoms with Crippen LogP contribution in [0.5, 0.6) is 5.75 Å². The first-order chi connectivity index (χ1) is 14.6. The Hall–Kier alpha value is -2.56. The zero-order valence-corrected chi connectivity index (χ0v) is 19.8. The lowest BCUT2D eigenvalue weighted by Crippen LogP contribution is -2.45. The molecular formula is C20H22ClN3O5S2. The predicted molar refractivity (Wildman–Crippen MR) is 125 cm³/mol. The Kier molecular flexibility index (Phi) is 6.63. The summed E-state index contributed by atoms with van der Waals surface area (Å²) in [4.78, 5) is 24.9. The van der Waals surface area contributed by atoms with Gasteiger partial charge in [-0.05, 0) is 50.2 Å². The van der Waals surface area contributed by atoms with Crippen molar-refractivity contribution in [3.05, 3.63) is 51.1 Å². The number of sulfonamides is 1. The van der Waals surface area contributed by atoms with E-state index in [9.17, 15) is 18.0 Å².